The van der Waals surface area contributed by atoms with Crippen molar-refractivity contribution in [3.05, 3.63) is 63.6 Å². The van der Waals surface area contributed by atoms with E-state index in [1.807, 2.05) is 32.9 Å². The normalized spacial score (nSPS) is 12.2. The van der Waals surface area contributed by atoms with E-state index in [0.717, 1.165) is 27.8 Å². The molecule has 1 N–H and O–H groups in total. The molecule has 0 bridgehead atoms. The van der Waals surface area contributed by atoms with Crippen LogP contribution in [0.4, 0.5) is 0 Å². The highest BCUT2D eigenvalue weighted by Gasteiger charge is 2.20. The minimum atomic E-state index is -0.188. The predicted octanol–water partition coefficient (Wildman–Crippen LogP) is 5.13. The summed E-state index contributed by atoms with van der Waals surface area (Å²) in [7, 11) is 0. The number of nitrogens with zero attached hydrogens (tertiary/aromatic N) is 1. The third-order valence-electron chi connectivity index (χ3n) is 4.15. The van der Waals surface area contributed by atoms with Crippen molar-refractivity contribution < 1.29 is 9.21 Å². The first-order chi connectivity index (χ1) is 11.8. The molecule has 0 saturated carbocycles. The summed E-state index contributed by atoms with van der Waals surface area (Å²) in [5.74, 6) is 1.47. The van der Waals surface area contributed by atoms with Crippen LogP contribution in [0.2, 0.25) is 0 Å². The van der Waals surface area contributed by atoms with Crippen LogP contribution in [0.25, 0.3) is 10.6 Å². The number of carbonyl (C=O) groups is 1. The molecule has 0 aliphatic carbocycles. The lowest BCUT2D eigenvalue weighted by molar-refractivity contribution is 0.0938. The highest BCUT2D eigenvalue weighted by atomic mass is 32.1. The van der Waals surface area contributed by atoms with Crippen molar-refractivity contribution in [1.82, 2.24) is 10.3 Å². The van der Waals surface area contributed by atoms with Gasteiger partial charge in [0.25, 0.3) is 5.91 Å². The van der Waals surface area contributed by atoms with Gasteiger partial charge in [-0.2, -0.15) is 0 Å². The Bertz CT molecular complexity index is 924. The van der Waals surface area contributed by atoms with Gasteiger partial charge in [-0.1, -0.05) is 23.8 Å². The molecule has 1 atom stereocenters. The summed E-state index contributed by atoms with van der Waals surface area (Å²) in [5.41, 5.74) is 4.21. The van der Waals surface area contributed by atoms with Crippen LogP contribution in [0.3, 0.4) is 0 Å². The largest absolute Gasteiger partial charge is 0.464 e. The lowest BCUT2D eigenvalue weighted by Crippen LogP contribution is -2.26. The maximum absolute atomic E-state index is 12.7. The lowest BCUT2D eigenvalue weighted by Gasteiger charge is -2.10. The molecule has 0 aliphatic rings. The average Bonchev–Trinajstić information content (AvgIpc) is 3.13. The molecule has 0 aliphatic heterocycles. The number of thiazole rings is 1. The fourth-order valence-electron chi connectivity index (χ4n) is 2.80. The molecule has 2 aromatic heterocycles. The summed E-state index contributed by atoms with van der Waals surface area (Å²) < 4.78 is 5.59. The van der Waals surface area contributed by atoms with Gasteiger partial charge in [0.15, 0.2) is 0 Å². The van der Waals surface area contributed by atoms with Crippen molar-refractivity contribution in [3.8, 4) is 10.6 Å². The van der Waals surface area contributed by atoms with Crippen LogP contribution in [0.5, 0.6) is 0 Å². The number of nitrogens with one attached hydrogen (secondary N) is 1. The fraction of sp³-hybridized carbons (Fsp3) is 0.300. The van der Waals surface area contributed by atoms with Crippen LogP contribution in [0, 0.1) is 27.7 Å². The van der Waals surface area contributed by atoms with Crippen LogP contribution in [0.15, 0.2) is 34.7 Å². The lowest BCUT2D eigenvalue weighted by atomic mass is 10.1. The fourth-order valence-corrected chi connectivity index (χ4v) is 3.86. The van der Waals surface area contributed by atoms with Crippen LogP contribution < -0.4 is 5.32 Å². The molecule has 5 heteroatoms. The van der Waals surface area contributed by atoms with Crippen molar-refractivity contribution in [3.63, 3.8) is 0 Å². The molecular weight excluding hydrogens is 332 g/mol. The zero-order valence-corrected chi connectivity index (χ0v) is 16.0. The highest BCUT2D eigenvalue weighted by molar-refractivity contribution is 7.17. The van der Waals surface area contributed by atoms with Gasteiger partial charge in [-0.3, -0.25) is 4.79 Å². The Kier molecular flexibility index (Phi) is 4.77. The predicted molar refractivity (Wildman–Crippen MR) is 101 cm³/mol. The summed E-state index contributed by atoms with van der Waals surface area (Å²) in [6.07, 6.45) is 0. The molecule has 25 heavy (non-hydrogen) atoms. The standard InChI is InChI=1S/C20H22N2O2S/c1-11-6-8-16(12(2)10-11)20-22-15(5)18(25-20)19(23)21-14(4)17-9-7-13(3)24-17/h6-10,14H,1-5H3,(H,21,23). The molecule has 1 amide bonds. The van der Waals surface area contributed by atoms with Gasteiger partial charge in [-0.05, 0) is 52.3 Å². The third kappa shape index (κ3) is 3.66. The topological polar surface area (TPSA) is 55.1 Å². The van der Waals surface area contributed by atoms with Crippen LogP contribution in [0.1, 0.15) is 51.0 Å². The molecule has 0 saturated heterocycles. The number of hydrogen-bond donors (Lipinski definition) is 1. The Morgan fingerprint density at radius 2 is 1.92 bits per heavy atom. The smallest absolute Gasteiger partial charge is 0.263 e. The van der Waals surface area contributed by atoms with E-state index in [9.17, 15) is 4.79 Å². The van der Waals surface area contributed by atoms with E-state index in [2.05, 4.69) is 42.3 Å². The molecule has 130 valence electrons. The van der Waals surface area contributed by atoms with Gasteiger partial charge < -0.3 is 9.73 Å². The number of aryl methyl sites for hydroxylation is 4. The molecule has 0 radical (unpaired) electrons. The van der Waals surface area contributed by atoms with E-state index in [1.54, 1.807) is 0 Å². The first kappa shape index (κ1) is 17.4. The van der Waals surface area contributed by atoms with Gasteiger partial charge in [0.1, 0.15) is 21.4 Å². The van der Waals surface area contributed by atoms with E-state index < -0.39 is 0 Å². The van der Waals surface area contributed by atoms with Gasteiger partial charge >= 0.3 is 0 Å². The Labute approximate surface area is 151 Å². The number of amides is 1. The Morgan fingerprint density at radius 1 is 1.16 bits per heavy atom. The van der Waals surface area contributed by atoms with Crippen LogP contribution in [-0.2, 0) is 0 Å². The number of hydrogen-bond acceptors (Lipinski definition) is 4. The van der Waals surface area contributed by atoms with Crippen molar-refractivity contribution in [2.75, 3.05) is 0 Å². The summed E-state index contributed by atoms with van der Waals surface area (Å²) in [6.45, 7) is 9.82. The number of carbonyl (C=O) groups excluding carboxylic acids is 1. The monoisotopic (exact) mass is 354 g/mol. The summed E-state index contributed by atoms with van der Waals surface area (Å²) in [6, 6.07) is 9.87. The van der Waals surface area contributed by atoms with Gasteiger partial charge in [0, 0.05) is 5.56 Å². The van der Waals surface area contributed by atoms with Gasteiger partial charge in [0.05, 0.1) is 11.7 Å². The molecular formula is C20H22N2O2S. The first-order valence-electron chi connectivity index (χ1n) is 8.27. The first-order valence-corrected chi connectivity index (χ1v) is 9.09. The maximum Gasteiger partial charge on any atom is 0.263 e. The Balaban J connectivity index is 1.83. The highest BCUT2D eigenvalue weighted by Crippen LogP contribution is 2.31. The van der Waals surface area contributed by atoms with Gasteiger partial charge in [0.2, 0.25) is 0 Å². The van der Waals surface area contributed by atoms with Crippen molar-refractivity contribution in [2.45, 2.75) is 40.7 Å². The molecule has 3 aromatic rings. The Hall–Kier alpha value is -2.40. The number of rotatable bonds is 4. The molecule has 1 unspecified atom stereocenters. The van der Waals surface area contributed by atoms with Gasteiger partial charge in [-0.25, -0.2) is 4.98 Å². The molecule has 3 rings (SSSR count). The molecule has 0 spiro atoms. The maximum atomic E-state index is 12.7. The third-order valence-corrected chi connectivity index (χ3v) is 5.34. The number of furan rings is 1. The molecule has 1 aromatic carbocycles. The van der Waals surface area contributed by atoms with E-state index in [4.69, 9.17) is 4.42 Å². The zero-order chi connectivity index (χ0) is 18.1. The number of aromatic nitrogens is 1. The van der Waals surface area contributed by atoms with E-state index in [0.29, 0.717) is 4.88 Å². The van der Waals surface area contributed by atoms with Crippen LogP contribution >= 0.6 is 11.3 Å². The minimum absolute atomic E-state index is 0.118. The van der Waals surface area contributed by atoms with E-state index >= 15 is 0 Å². The number of benzene rings is 1. The summed E-state index contributed by atoms with van der Waals surface area (Å²) >= 11 is 1.43. The van der Waals surface area contributed by atoms with Crippen molar-refractivity contribution in [2.24, 2.45) is 0 Å². The second kappa shape index (κ2) is 6.84. The molecule has 2 heterocycles. The summed E-state index contributed by atoms with van der Waals surface area (Å²) in [5, 5.41) is 3.87. The molecule has 4 nitrogen and oxygen atoms in total. The summed E-state index contributed by atoms with van der Waals surface area (Å²) in [4.78, 5) is 17.9. The molecule has 0 fully saturated rings. The van der Waals surface area contributed by atoms with Crippen molar-refractivity contribution >= 4 is 17.2 Å². The minimum Gasteiger partial charge on any atom is -0.464 e. The average molecular weight is 354 g/mol. The SMILES string of the molecule is Cc1ccc(-c2nc(C)c(C(=O)NC(C)c3ccc(C)o3)s2)c(C)c1. The van der Waals surface area contributed by atoms with Crippen LogP contribution in [-0.4, -0.2) is 10.9 Å². The quantitative estimate of drug-likeness (QED) is 0.707. The second-order valence-electron chi connectivity index (χ2n) is 6.40. The Morgan fingerprint density at radius 3 is 2.56 bits per heavy atom. The van der Waals surface area contributed by atoms with Crippen molar-refractivity contribution in [1.29, 1.82) is 0 Å². The van der Waals surface area contributed by atoms with E-state index in [-0.39, 0.29) is 11.9 Å². The zero-order valence-electron chi connectivity index (χ0n) is 15.1. The second-order valence-corrected chi connectivity index (χ2v) is 7.39. The van der Waals surface area contributed by atoms with Gasteiger partial charge in [-0.15, -0.1) is 11.3 Å². The van der Waals surface area contributed by atoms with E-state index in [1.165, 1.54) is 22.5 Å².